The second-order valence-electron chi connectivity index (χ2n) is 8.53. The van der Waals surface area contributed by atoms with Crippen LogP contribution < -0.4 is 15.4 Å². The number of benzene rings is 3. The van der Waals surface area contributed by atoms with Crippen molar-refractivity contribution in [3.05, 3.63) is 94.3 Å². The van der Waals surface area contributed by atoms with Gasteiger partial charge in [-0.15, -0.1) is 0 Å². The normalized spacial score (nSPS) is 15.3. The highest BCUT2D eigenvalue weighted by Crippen LogP contribution is 2.41. The molecule has 3 aromatic rings. The van der Waals surface area contributed by atoms with Crippen molar-refractivity contribution in [2.24, 2.45) is 5.73 Å². The topological polar surface area (TPSA) is 111 Å². The van der Waals surface area contributed by atoms with E-state index >= 15 is 0 Å². The summed E-state index contributed by atoms with van der Waals surface area (Å²) in [5, 5.41) is 0.291. The maximum atomic E-state index is 12.9. The fraction of sp³-hybridized carbons (Fsp3) is 0.148. The van der Waals surface area contributed by atoms with Crippen molar-refractivity contribution < 1.29 is 22.7 Å². The van der Waals surface area contributed by atoms with E-state index in [1.54, 1.807) is 30.3 Å². The molecule has 1 saturated heterocycles. The number of amides is 2. The number of ether oxygens (including phenoxy) is 1. The van der Waals surface area contributed by atoms with Crippen LogP contribution in [0.4, 0.5) is 11.4 Å². The molecule has 1 fully saturated rings. The Labute approximate surface area is 219 Å². The molecule has 0 spiro atoms. The number of hydrogen-bond donors (Lipinski definition) is 1. The third-order valence-electron chi connectivity index (χ3n) is 6.07. The molecule has 0 aromatic heterocycles. The molecule has 4 rings (SSSR count). The molecule has 0 radical (unpaired) electrons. The van der Waals surface area contributed by atoms with E-state index in [4.69, 9.17) is 28.6 Å². The van der Waals surface area contributed by atoms with Crippen LogP contribution in [0.1, 0.15) is 33.8 Å². The molecule has 0 unspecified atom stereocenters. The van der Waals surface area contributed by atoms with E-state index in [0.717, 1.165) is 11.8 Å². The number of rotatable bonds is 7. The first kappa shape index (κ1) is 25.9. The molecule has 1 aliphatic heterocycles. The summed E-state index contributed by atoms with van der Waals surface area (Å²) in [5.74, 6) is -0.639. The summed E-state index contributed by atoms with van der Waals surface area (Å²) in [7, 11) is -3.69. The number of halogens is 1. The van der Waals surface area contributed by atoms with Gasteiger partial charge in [0.15, 0.2) is 15.6 Å². The van der Waals surface area contributed by atoms with Crippen LogP contribution >= 0.6 is 11.6 Å². The van der Waals surface area contributed by atoms with Gasteiger partial charge in [0.2, 0.25) is 17.5 Å². The Morgan fingerprint density at radius 2 is 2.00 bits per heavy atom. The molecule has 37 heavy (non-hydrogen) atoms. The quantitative estimate of drug-likeness (QED) is 0.410. The van der Waals surface area contributed by atoms with Crippen LogP contribution in [0.15, 0.2) is 66.1 Å². The van der Waals surface area contributed by atoms with Crippen molar-refractivity contribution in [1.29, 1.82) is 0 Å². The summed E-state index contributed by atoms with van der Waals surface area (Å²) in [6.07, 6.45) is 2.79. The molecule has 1 aliphatic rings. The van der Waals surface area contributed by atoms with Gasteiger partial charge in [0.1, 0.15) is 5.75 Å². The highest BCUT2D eigenvalue weighted by molar-refractivity contribution is 7.90. The van der Waals surface area contributed by atoms with Crippen LogP contribution in [0.5, 0.6) is 11.5 Å². The van der Waals surface area contributed by atoms with Gasteiger partial charge in [-0.25, -0.2) is 13.3 Å². The predicted octanol–water partition coefficient (Wildman–Crippen LogP) is 5.35. The molecule has 3 aromatic carbocycles. The second-order valence-corrected chi connectivity index (χ2v) is 10.9. The lowest BCUT2D eigenvalue weighted by atomic mass is 9.96. The maximum absolute atomic E-state index is 12.9. The number of carbonyl (C=O) groups excluding carboxylic acids is 2. The first-order chi connectivity index (χ1) is 17.5. The molecular formula is C27H22ClN3O5S. The minimum atomic E-state index is -3.69. The zero-order valence-electron chi connectivity index (χ0n) is 19.8. The number of nitrogens with zero attached hydrogens (tertiary/aromatic N) is 2. The molecule has 10 heteroatoms. The Balaban J connectivity index is 1.66. The van der Waals surface area contributed by atoms with Crippen LogP contribution in [-0.2, 0) is 14.6 Å². The number of carbonyl (C=O) groups is 2. The molecule has 2 amide bonds. The van der Waals surface area contributed by atoms with E-state index in [2.05, 4.69) is 11.4 Å². The van der Waals surface area contributed by atoms with Gasteiger partial charge in [0, 0.05) is 36.4 Å². The van der Waals surface area contributed by atoms with E-state index in [-0.39, 0.29) is 40.1 Å². The average Bonchev–Trinajstić information content (AvgIpc) is 3.25. The minimum absolute atomic E-state index is 0.169. The van der Waals surface area contributed by atoms with E-state index in [9.17, 15) is 18.0 Å². The van der Waals surface area contributed by atoms with Crippen LogP contribution in [0.3, 0.4) is 0 Å². The van der Waals surface area contributed by atoms with Crippen LogP contribution in [-0.4, -0.2) is 33.0 Å². The third-order valence-corrected chi connectivity index (χ3v) is 7.52. The summed E-state index contributed by atoms with van der Waals surface area (Å²) in [6.45, 7) is 11.5. The first-order valence-corrected chi connectivity index (χ1v) is 13.3. The van der Waals surface area contributed by atoms with Crippen LogP contribution in [0.25, 0.3) is 10.9 Å². The molecule has 2 N–H and O–H groups in total. The van der Waals surface area contributed by atoms with Crippen molar-refractivity contribution in [3.63, 3.8) is 0 Å². The summed E-state index contributed by atoms with van der Waals surface area (Å²) >= 11 is 6.28. The van der Waals surface area contributed by atoms with Gasteiger partial charge in [0.25, 0.3) is 0 Å². The molecule has 0 saturated carbocycles. The van der Waals surface area contributed by atoms with E-state index < -0.39 is 15.7 Å². The van der Waals surface area contributed by atoms with Gasteiger partial charge in [-0.2, -0.15) is 0 Å². The number of para-hydroxylation sites is 1. The Morgan fingerprint density at radius 1 is 1.24 bits per heavy atom. The van der Waals surface area contributed by atoms with Gasteiger partial charge in [-0.1, -0.05) is 48.5 Å². The average molecular weight is 536 g/mol. The molecule has 0 bridgehead atoms. The van der Waals surface area contributed by atoms with E-state index in [1.807, 2.05) is 12.1 Å². The van der Waals surface area contributed by atoms with Gasteiger partial charge >= 0.3 is 0 Å². The largest absolute Gasteiger partial charge is 0.466 e. The summed E-state index contributed by atoms with van der Waals surface area (Å²) < 4.78 is 30.1. The molecule has 1 atom stereocenters. The van der Waals surface area contributed by atoms with Crippen molar-refractivity contribution in [2.75, 3.05) is 17.7 Å². The molecule has 8 nitrogen and oxygen atoms in total. The van der Waals surface area contributed by atoms with Gasteiger partial charge < -0.3 is 15.4 Å². The number of sulfone groups is 1. The Kier molecular flexibility index (Phi) is 7.07. The zero-order valence-corrected chi connectivity index (χ0v) is 21.3. The standard InChI is InChI=1S/C27H22ClN3O5S/c1-4-16-8-9-17(12-23(16)36-26-21(28)6-5-7-22(26)30-2)18-13-25(32)31(15-18)19-10-11-24(37(3,34)35)20(14-19)27(29)33/h4-12,14,18H,1,13,15H2,3H3,(H2,29,33)/t18-/m0/s1. The molecule has 0 aliphatic carbocycles. The van der Waals surface area contributed by atoms with Crippen LogP contribution in [0, 0.1) is 6.57 Å². The lowest BCUT2D eigenvalue weighted by molar-refractivity contribution is -0.117. The summed E-state index contributed by atoms with van der Waals surface area (Å²) in [4.78, 5) is 29.6. The van der Waals surface area contributed by atoms with Gasteiger partial charge in [-0.3, -0.25) is 9.59 Å². The molecule has 188 valence electrons. The number of nitrogens with two attached hydrogens (primary N) is 1. The lowest BCUT2D eigenvalue weighted by Crippen LogP contribution is -2.25. The van der Waals surface area contributed by atoms with Gasteiger partial charge in [-0.05, 0) is 35.9 Å². The van der Waals surface area contributed by atoms with E-state index in [1.165, 1.54) is 23.1 Å². The second kappa shape index (κ2) is 10.1. The Bertz CT molecular complexity index is 1590. The molecule has 1 heterocycles. The SMILES string of the molecule is [C-]#[N+]c1cccc(Cl)c1Oc1cc([C@H]2CC(=O)N(c3ccc(S(C)(=O)=O)c(C(N)=O)c3)C2)ccc1C=C. The monoisotopic (exact) mass is 535 g/mol. The first-order valence-electron chi connectivity index (χ1n) is 11.1. The van der Waals surface area contributed by atoms with E-state index in [0.29, 0.717) is 28.6 Å². The van der Waals surface area contributed by atoms with Crippen molar-refractivity contribution in [3.8, 4) is 11.5 Å². The highest BCUT2D eigenvalue weighted by Gasteiger charge is 2.33. The fourth-order valence-corrected chi connectivity index (χ4v) is 5.32. The lowest BCUT2D eigenvalue weighted by Gasteiger charge is -2.19. The minimum Gasteiger partial charge on any atom is -0.466 e. The predicted molar refractivity (Wildman–Crippen MR) is 142 cm³/mol. The highest BCUT2D eigenvalue weighted by atomic mass is 35.5. The molecular weight excluding hydrogens is 514 g/mol. The third kappa shape index (κ3) is 5.21. The van der Waals surface area contributed by atoms with Crippen LogP contribution in [0.2, 0.25) is 5.02 Å². The number of hydrogen-bond acceptors (Lipinski definition) is 5. The summed E-state index contributed by atoms with van der Waals surface area (Å²) in [6, 6.07) is 14.5. The van der Waals surface area contributed by atoms with Crippen molar-refractivity contribution >= 4 is 50.7 Å². The Morgan fingerprint density at radius 3 is 2.65 bits per heavy atom. The zero-order chi connectivity index (χ0) is 26.9. The maximum Gasteiger partial charge on any atom is 0.250 e. The Hall–Kier alpha value is -4.13. The van der Waals surface area contributed by atoms with Crippen molar-refractivity contribution in [1.82, 2.24) is 0 Å². The smallest absolute Gasteiger partial charge is 0.250 e. The van der Waals surface area contributed by atoms with Crippen molar-refractivity contribution in [2.45, 2.75) is 17.2 Å². The number of anilines is 1. The summed E-state index contributed by atoms with van der Waals surface area (Å²) in [5.41, 5.74) is 7.39. The fourth-order valence-electron chi connectivity index (χ4n) is 4.24. The van der Waals surface area contributed by atoms with Gasteiger partial charge in [0.05, 0.1) is 22.1 Å². The number of primary amides is 1.